The highest BCUT2D eigenvalue weighted by Gasteiger charge is 2.27. The first-order chi connectivity index (χ1) is 14.3. The lowest BCUT2D eigenvalue weighted by Crippen LogP contribution is -2.40. The highest BCUT2D eigenvalue weighted by Crippen LogP contribution is 2.29. The number of anilines is 1. The Morgan fingerprint density at radius 2 is 1.83 bits per heavy atom. The third kappa shape index (κ3) is 4.92. The molecule has 162 valence electrons. The number of rotatable bonds is 7. The maximum absolute atomic E-state index is 12.9. The third-order valence-electron chi connectivity index (χ3n) is 4.80. The van der Waals surface area contributed by atoms with Gasteiger partial charge in [0, 0.05) is 13.1 Å². The van der Waals surface area contributed by atoms with E-state index >= 15 is 0 Å². The Morgan fingerprint density at radius 3 is 2.50 bits per heavy atom. The van der Waals surface area contributed by atoms with E-state index in [2.05, 4.69) is 5.32 Å². The van der Waals surface area contributed by atoms with Gasteiger partial charge in [-0.15, -0.1) is 0 Å². The second-order valence-electron chi connectivity index (χ2n) is 6.89. The number of hydrogen-bond donors (Lipinski definition) is 1. The summed E-state index contributed by atoms with van der Waals surface area (Å²) in [6, 6.07) is 11.8. The highest BCUT2D eigenvalue weighted by molar-refractivity contribution is 7.89. The van der Waals surface area contributed by atoms with Gasteiger partial charge in [-0.1, -0.05) is 18.2 Å². The summed E-state index contributed by atoms with van der Waals surface area (Å²) in [5, 5.41) is 2.72. The molecule has 1 saturated heterocycles. The summed E-state index contributed by atoms with van der Waals surface area (Å²) < 4.78 is 43.5. The average molecular weight is 435 g/mol. The zero-order valence-electron chi connectivity index (χ0n) is 17.3. The number of aryl methyl sites for hydroxylation is 1. The minimum absolute atomic E-state index is 0.0768. The maximum Gasteiger partial charge on any atom is 0.265 e. The summed E-state index contributed by atoms with van der Waals surface area (Å²) in [5.74, 6) is 0.542. The molecule has 1 heterocycles. The van der Waals surface area contributed by atoms with Crippen LogP contribution in [0.15, 0.2) is 47.4 Å². The Balaban J connectivity index is 1.80. The molecular formula is C21H26N2O6S. The van der Waals surface area contributed by atoms with E-state index in [1.165, 1.54) is 29.6 Å². The van der Waals surface area contributed by atoms with Gasteiger partial charge >= 0.3 is 0 Å². The molecule has 1 amide bonds. The fourth-order valence-corrected chi connectivity index (χ4v) is 4.48. The first kappa shape index (κ1) is 22.1. The van der Waals surface area contributed by atoms with Crippen molar-refractivity contribution in [1.29, 1.82) is 0 Å². The molecule has 9 heteroatoms. The highest BCUT2D eigenvalue weighted by atomic mass is 32.2. The van der Waals surface area contributed by atoms with Gasteiger partial charge in [-0.05, 0) is 43.7 Å². The van der Waals surface area contributed by atoms with Crippen molar-refractivity contribution < 1.29 is 27.4 Å². The molecule has 8 nitrogen and oxygen atoms in total. The van der Waals surface area contributed by atoms with Crippen LogP contribution in [-0.2, 0) is 19.6 Å². The molecule has 0 aliphatic carbocycles. The number of nitrogens with one attached hydrogen (secondary N) is 1. The van der Waals surface area contributed by atoms with Crippen LogP contribution in [0.2, 0.25) is 0 Å². The van der Waals surface area contributed by atoms with E-state index in [1.807, 2.05) is 25.1 Å². The van der Waals surface area contributed by atoms with Crippen molar-refractivity contribution in [3.05, 3.63) is 48.0 Å². The Bertz CT molecular complexity index is 1000. The Morgan fingerprint density at radius 1 is 1.13 bits per heavy atom. The molecule has 1 atom stereocenters. The molecule has 1 aliphatic heterocycles. The van der Waals surface area contributed by atoms with Crippen molar-refractivity contribution in [2.75, 3.05) is 38.7 Å². The number of amides is 1. The molecule has 0 saturated carbocycles. The Hall–Kier alpha value is -2.62. The number of methoxy groups -OCH3 is 1. The average Bonchev–Trinajstić information content (AvgIpc) is 2.75. The zero-order chi connectivity index (χ0) is 21.7. The summed E-state index contributed by atoms with van der Waals surface area (Å²) in [6.07, 6.45) is -0.796. The van der Waals surface area contributed by atoms with E-state index in [-0.39, 0.29) is 23.7 Å². The predicted octanol–water partition coefficient (Wildman–Crippen LogP) is 2.43. The van der Waals surface area contributed by atoms with Crippen LogP contribution in [-0.4, -0.2) is 58.1 Å². The summed E-state index contributed by atoms with van der Waals surface area (Å²) in [4.78, 5) is 12.8. The monoisotopic (exact) mass is 434 g/mol. The van der Waals surface area contributed by atoms with Gasteiger partial charge in [-0.3, -0.25) is 4.79 Å². The van der Waals surface area contributed by atoms with Crippen molar-refractivity contribution in [1.82, 2.24) is 4.31 Å². The molecule has 1 aliphatic rings. The summed E-state index contributed by atoms with van der Waals surface area (Å²) >= 11 is 0. The van der Waals surface area contributed by atoms with Gasteiger partial charge < -0.3 is 19.5 Å². The van der Waals surface area contributed by atoms with Gasteiger partial charge in [-0.2, -0.15) is 4.31 Å². The largest absolute Gasteiger partial charge is 0.495 e. The number of hydrogen-bond acceptors (Lipinski definition) is 6. The van der Waals surface area contributed by atoms with Crippen LogP contribution in [0.25, 0.3) is 0 Å². The van der Waals surface area contributed by atoms with Crippen molar-refractivity contribution >= 4 is 21.6 Å². The fourth-order valence-electron chi connectivity index (χ4n) is 3.05. The number of carbonyl (C=O) groups excluding carboxylic acids is 1. The lowest BCUT2D eigenvalue weighted by atomic mass is 10.2. The maximum atomic E-state index is 12.9. The van der Waals surface area contributed by atoms with E-state index < -0.39 is 22.0 Å². The van der Waals surface area contributed by atoms with Crippen molar-refractivity contribution in [2.24, 2.45) is 0 Å². The van der Waals surface area contributed by atoms with Gasteiger partial charge in [0.05, 0.1) is 30.9 Å². The zero-order valence-corrected chi connectivity index (χ0v) is 18.1. The molecule has 30 heavy (non-hydrogen) atoms. The minimum Gasteiger partial charge on any atom is -0.495 e. The van der Waals surface area contributed by atoms with E-state index in [1.54, 1.807) is 13.0 Å². The van der Waals surface area contributed by atoms with Gasteiger partial charge in [0.1, 0.15) is 11.5 Å². The SMILES string of the molecule is COc1ccc(S(=O)(=O)N2CCOCC2)cc1NC(=O)[C@H](C)Oc1ccccc1C. The number of carbonyl (C=O) groups is 1. The van der Waals surface area contributed by atoms with Crippen molar-refractivity contribution in [3.63, 3.8) is 0 Å². The molecule has 1 N–H and O–H groups in total. The van der Waals surface area contributed by atoms with E-state index in [0.717, 1.165) is 5.56 Å². The van der Waals surface area contributed by atoms with E-state index in [9.17, 15) is 13.2 Å². The predicted molar refractivity (Wildman–Crippen MR) is 112 cm³/mol. The number of para-hydroxylation sites is 1. The molecule has 2 aromatic rings. The molecule has 0 spiro atoms. The van der Waals surface area contributed by atoms with Crippen LogP contribution in [0.5, 0.6) is 11.5 Å². The first-order valence-electron chi connectivity index (χ1n) is 9.62. The lowest BCUT2D eigenvalue weighted by Gasteiger charge is -2.26. The molecular weight excluding hydrogens is 408 g/mol. The van der Waals surface area contributed by atoms with Crippen LogP contribution >= 0.6 is 0 Å². The Kier molecular flexibility index (Phi) is 6.96. The quantitative estimate of drug-likeness (QED) is 0.719. The number of nitrogens with zero attached hydrogens (tertiary/aromatic N) is 1. The van der Waals surface area contributed by atoms with Crippen LogP contribution in [0.1, 0.15) is 12.5 Å². The van der Waals surface area contributed by atoms with Crippen molar-refractivity contribution in [3.8, 4) is 11.5 Å². The number of morpholine rings is 1. The third-order valence-corrected chi connectivity index (χ3v) is 6.70. The summed E-state index contributed by atoms with van der Waals surface area (Å²) in [6.45, 7) is 4.81. The van der Waals surface area contributed by atoms with E-state index in [0.29, 0.717) is 24.7 Å². The first-order valence-corrected chi connectivity index (χ1v) is 11.1. The molecule has 0 radical (unpaired) electrons. The number of sulfonamides is 1. The van der Waals surface area contributed by atoms with Gasteiger partial charge in [0.2, 0.25) is 10.0 Å². The number of benzene rings is 2. The topological polar surface area (TPSA) is 94.2 Å². The molecule has 0 unspecified atom stereocenters. The number of ether oxygens (including phenoxy) is 3. The lowest BCUT2D eigenvalue weighted by molar-refractivity contribution is -0.122. The summed E-state index contributed by atoms with van der Waals surface area (Å²) in [5.41, 5.74) is 1.17. The molecule has 1 fully saturated rings. The second-order valence-corrected chi connectivity index (χ2v) is 8.83. The van der Waals surface area contributed by atoms with Gasteiger partial charge in [0.25, 0.3) is 5.91 Å². The Labute approximate surface area is 176 Å². The molecule has 3 rings (SSSR count). The molecule has 0 aromatic heterocycles. The van der Waals surface area contributed by atoms with Gasteiger partial charge in [-0.25, -0.2) is 8.42 Å². The van der Waals surface area contributed by atoms with Crippen LogP contribution in [0.3, 0.4) is 0 Å². The summed E-state index contributed by atoms with van der Waals surface area (Å²) in [7, 11) is -2.25. The molecule has 0 bridgehead atoms. The molecule has 2 aromatic carbocycles. The van der Waals surface area contributed by atoms with Crippen LogP contribution in [0, 0.1) is 6.92 Å². The smallest absolute Gasteiger partial charge is 0.265 e. The second kappa shape index (κ2) is 9.46. The van der Waals surface area contributed by atoms with Crippen molar-refractivity contribution in [2.45, 2.75) is 24.8 Å². The normalized spacial score (nSPS) is 16.0. The van der Waals surface area contributed by atoms with Crippen LogP contribution in [0.4, 0.5) is 5.69 Å². The minimum atomic E-state index is -3.70. The van der Waals surface area contributed by atoms with Crippen LogP contribution < -0.4 is 14.8 Å². The fraction of sp³-hybridized carbons (Fsp3) is 0.381. The van der Waals surface area contributed by atoms with E-state index in [4.69, 9.17) is 14.2 Å². The van der Waals surface area contributed by atoms with Gasteiger partial charge in [0.15, 0.2) is 6.10 Å². The standard InChI is InChI=1S/C21H26N2O6S/c1-15-6-4-5-7-19(15)29-16(2)21(24)22-18-14-17(8-9-20(18)27-3)30(25,26)23-10-12-28-13-11-23/h4-9,14,16H,10-13H2,1-3H3,(H,22,24)/t16-/m0/s1.